The van der Waals surface area contributed by atoms with Crippen molar-refractivity contribution in [2.45, 2.75) is 18.4 Å². The molecule has 1 N–H and O–H groups in total. The number of benzene rings is 2. The summed E-state index contributed by atoms with van der Waals surface area (Å²) in [4.78, 5) is 12.7. The van der Waals surface area contributed by atoms with E-state index in [1.165, 1.54) is 0 Å². The molecule has 0 fully saturated rings. The van der Waals surface area contributed by atoms with Crippen LogP contribution in [0.1, 0.15) is 28.8 Å². The molecule has 0 spiro atoms. The third-order valence-corrected chi connectivity index (χ3v) is 3.91. The molecule has 0 amide bonds. The smallest absolute Gasteiger partial charge is 0.198 e. The van der Waals surface area contributed by atoms with E-state index in [9.17, 15) is 9.90 Å². The molecule has 2 aromatic carbocycles. The molecule has 2 aromatic rings. The van der Waals surface area contributed by atoms with Crippen LogP contribution in [0.2, 0.25) is 10.0 Å². The van der Waals surface area contributed by atoms with Gasteiger partial charge in [-0.05, 0) is 42.0 Å². The van der Waals surface area contributed by atoms with Gasteiger partial charge in [-0.25, -0.2) is 0 Å². The van der Waals surface area contributed by atoms with E-state index < -0.39 is 11.4 Å². The van der Waals surface area contributed by atoms with Gasteiger partial charge in [-0.3, -0.25) is 4.79 Å². The number of nitriles is 1. The van der Waals surface area contributed by atoms with Crippen molar-refractivity contribution in [1.29, 1.82) is 5.26 Å². The zero-order valence-electron chi connectivity index (χ0n) is 11.6. The highest BCUT2D eigenvalue weighted by molar-refractivity contribution is 6.31. The Morgan fingerprint density at radius 3 is 2.05 bits per heavy atom. The lowest BCUT2D eigenvalue weighted by Gasteiger charge is -2.26. The molecule has 1 atom stereocenters. The molecule has 0 saturated carbocycles. The fourth-order valence-electron chi connectivity index (χ4n) is 2.19. The molecule has 0 aliphatic carbocycles. The minimum absolute atomic E-state index is 0.00654. The van der Waals surface area contributed by atoms with E-state index >= 15 is 0 Å². The van der Waals surface area contributed by atoms with Crippen molar-refractivity contribution in [3.8, 4) is 6.07 Å². The maximum absolute atomic E-state index is 12.7. The van der Waals surface area contributed by atoms with Gasteiger partial charge in [0.2, 0.25) is 0 Å². The summed E-state index contributed by atoms with van der Waals surface area (Å²) in [6, 6.07) is 14.6. The van der Waals surface area contributed by atoms with Gasteiger partial charge in [0.15, 0.2) is 11.4 Å². The molecule has 2 rings (SSSR count). The molecule has 3 nitrogen and oxygen atoms in total. The predicted octanol–water partition coefficient (Wildman–Crippen LogP) is 4.37. The molecule has 112 valence electrons. The summed E-state index contributed by atoms with van der Waals surface area (Å²) in [6.07, 6.45) is 0.0606. The summed E-state index contributed by atoms with van der Waals surface area (Å²) < 4.78 is 0. The van der Waals surface area contributed by atoms with Crippen molar-refractivity contribution >= 4 is 29.0 Å². The van der Waals surface area contributed by atoms with Crippen molar-refractivity contribution in [2.24, 2.45) is 0 Å². The summed E-state index contributed by atoms with van der Waals surface area (Å²) in [5.41, 5.74) is -1.03. The molecule has 0 aliphatic heterocycles. The number of nitrogens with zero attached hydrogens (tertiary/aromatic N) is 1. The van der Waals surface area contributed by atoms with Crippen LogP contribution in [0.4, 0.5) is 0 Å². The van der Waals surface area contributed by atoms with E-state index in [2.05, 4.69) is 0 Å². The first-order valence-corrected chi connectivity index (χ1v) is 7.39. The normalized spacial score (nSPS) is 13.2. The lowest BCUT2D eigenvalue weighted by atomic mass is 9.82. The summed E-state index contributed by atoms with van der Waals surface area (Å²) >= 11 is 11.7. The van der Waals surface area contributed by atoms with Gasteiger partial charge in [0.25, 0.3) is 0 Å². The Labute approximate surface area is 138 Å². The largest absolute Gasteiger partial charge is 0.377 e. The third-order valence-electron chi connectivity index (χ3n) is 3.40. The van der Waals surface area contributed by atoms with Gasteiger partial charge in [-0.15, -0.1) is 0 Å². The van der Waals surface area contributed by atoms with Crippen LogP contribution < -0.4 is 0 Å². The molecule has 0 radical (unpaired) electrons. The minimum Gasteiger partial charge on any atom is -0.377 e. The summed E-state index contributed by atoms with van der Waals surface area (Å²) in [6.45, 7) is 0. The van der Waals surface area contributed by atoms with Crippen LogP contribution in [0.25, 0.3) is 0 Å². The van der Waals surface area contributed by atoms with Gasteiger partial charge in [0.1, 0.15) is 0 Å². The second kappa shape index (κ2) is 6.93. The van der Waals surface area contributed by atoms with Crippen molar-refractivity contribution in [3.05, 3.63) is 69.7 Å². The van der Waals surface area contributed by atoms with Gasteiger partial charge in [-0.1, -0.05) is 35.3 Å². The SMILES string of the molecule is N#CCCC(O)(C(=O)c1ccc(Cl)cc1)c1ccc(Cl)cc1. The van der Waals surface area contributed by atoms with Crippen LogP contribution in [-0.4, -0.2) is 10.9 Å². The molecule has 0 aliphatic rings. The Morgan fingerprint density at radius 2 is 1.55 bits per heavy atom. The van der Waals surface area contributed by atoms with E-state index in [-0.39, 0.29) is 12.8 Å². The van der Waals surface area contributed by atoms with E-state index in [1.807, 2.05) is 6.07 Å². The zero-order chi connectivity index (χ0) is 16.2. The van der Waals surface area contributed by atoms with Crippen LogP contribution in [0, 0.1) is 11.3 Å². The van der Waals surface area contributed by atoms with E-state index in [4.69, 9.17) is 28.5 Å². The fourth-order valence-corrected chi connectivity index (χ4v) is 2.44. The second-order valence-corrected chi connectivity index (χ2v) is 5.73. The van der Waals surface area contributed by atoms with Crippen molar-refractivity contribution < 1.29 is 9.90 Å². The number of ketones is 1. The first kappa shape index (κ1) is 16.5. The van der Waals surface area contributed by atoms with Crippen molar-refractivity contribution in [3.63, 3.8) is 0 Å². The third kappa shape index (κ3) is 3.48. The molecule has 0 aromatic heterocycles. The van der Waals surface area contributed by atoms with E-state index in [0.29, 0.717) is 21.2 Å². The molecule has 0 bridgehead atoms. The maximum Gasteiger partial charge on any atom is 0.198 e. The Balaban J connectivity index is 2.44. The molecule has 0 saturated heterocycles. The molecule has 5 heteroatoms. The number of halogens is 2. The maximum atomic E-state index is 12.7. The average molecular weight is 334 g/mol. The highest BCUT2D eigenvalue weighted by atomic mass is 35.5. The average Bonchev–Trinajstić information content (AvgIpc) is 2.53. The quantitative estimate of drug-likeness (QED) is 0.826. The Kier molecular flexibility index (Phi) is 5.20. The highest BCUT2D eigenvalue weighted by Gasteiger charge is 2.37. The molecular weight excluding hydrogens is 321 g/mol. The van der Waals surface area contributed by atoms with Crippen LogP contribution in [0.15, 0.2) is 48.5 Å². The first-order chi connectivity index (χ1) is 10.5. The van der Waals surface area contributed by atoms with Gasteiger partial charge in [-0.2, -0.15) is 5.26 Å². The van der Waals surface area contributed by atoms with Gasteiger partial charge in [0, 0.05) is 28.5 Å². The molecular formula is C17H13Cl2NO2. The van der Waals surface area contributed by atoms with Crippen molar-refractivity contribution in [2.75, 3.05) is 0 Å². The monoisotopic (exact) mass is 333 g/mol. The van der Waals surface area contributed by atoms with Gasteiger partial charge >= 0.3 is 0 Å². The topological polar surface area (TPSA) is 61.1 Å². The summed E-state index contributed by atoms with van der Waals surface area (Å²) in [7, 11) is 0. The number of carbonyl (C=O) groups is 1. The first-order valence-electron chi connectivity index (χ1n) is 6.63. The fraction of sp³-hybridized carbons (Fsp3) is 0.176. The van der Waals surface area contributed by atoms with Gasteiger partial charge in [0.05, 0.1) is 6.07 Å². The Hall–Kier alpha value is -1.86. The van der Waals surface area contributed by atoms with Gasteiger partial charge < -0.3 is 5.11 Å². The second-order valence-electron chi connectivity index (χ2n) is 4.86. The summed E-state index contributed by atoms with van der Waals surface area (Å²) in [5, 5.41) is 20.7. The number of hydrogen-bond donors (Lipinski definition) is 1. The Morgan fingerprint density at radius 1 is 1.05 bits per heavy atom. The number of Topliss-reactive ketones (excluding diaryl/α,β-unsaturated/α-hetero) is 1. The lowest BCUT2D eigenvalue weighted by Crippen LogP contribution is -2.35. The number of carbonyl (C=O) groups excluding carboxylic acids is 1. The molecule has 0 heterocycles. The standard InChI is InChI=1S/C17H13Cl2NO2/c18-14-6-2-12(3-7-14)16(21)17(22,10-1-11-20)13-4-8-15(19)9-5-13/h2-9,22H,1,10H2. The minimum atomic E-state index is -1.77. The van der Waals surface area contributed by atoms with Crippen LogP contribution in [0.3, 0.4) is 0 Å². The zero-order valence-corrected chi connectivity index (χ0v) is 13.1. The number of aliphatic hydroxyl groups is 1. The predicted molar refractivity (Wildman–Crippen MR) is 86.0 cm³/mol. The Bertz CT molecular complexity index is 705. The number of hydrogen-bond acceptors (Lipinski definition) is 3. The van der Waals surface area contributed by atoms with Crippen LogP contribution in [-0.2, 0) is 5.60 Å². The summed E-state index contributed by atoms with van der Waals surface area (Å²) in [5.74, 6) is -0.471. The van der Waals surface area contributed by atoms with Crippen LogP contribution in [0.5, 0.6) is 0 Å². The molecule has 1 unspecified atom stereocenters. The molecule has 22 heavy (non-hydrogen) atoms. The van der Waals surface area contributed by atoms with Crippen molar-refractivity contribution in [1.82, 2.24) is 0 Å². The van der Waals surface area contributed by atoms with E-state index in [0.717, 1.165) is 0 Å². The van der Waals surface area contributed by atoms with Crippen LogP contribution >= 0.6 is 23.2 Å². The number of rotatable bonds is 5. The highest BCUT2D eigenvalue weighted by Crippen LogP contribution is 2.31. The lowest BCUT2D eigenvalue weighted by molar-refractivity contribution is 0.0258. The van der Waals surface area contributed by atoms with E-state index in [1.54, 1.807) is 48.5 Å².